The number of hydrogen-bond donors (Lipinski definition) is 0. The van der Waals surface area contributed by atoms with Gasteiger partial charge in [0.25, 0.3) is 5.91 Å². The number of anilines is 1. The van der Waals surface area contributed by atoms with Crippen LogP contribution in [0.4, 0.5) is 5.69 Å². The van der Waals surface area contributed by atoms with Crippen LogP contribution in [0.5, 0.6) is 0 Å². The molecule has 4 rings (SSSR count). The van der Waals surface area contributed by atoms with Gasteiger partial charge in [-0.25, -0.2) is 5.06 Å². The number of imide groups is 1. The molecule has 1 aromatic carbocycles. The van der Waals surface area contributed by atoms with E-state index in [0.717, 1.165) is 11.3 Å². The Morgan fingerprint density at radius 1 is 1.11 bits per heavy atom. The van der Waals surface area contributed by atoms with E-state index in [1.54, 1.807) is 41.7 Å². The Labute approximate surface area is 161 Å². The number of aromatic nitrogens is 1. The van der Waals surface area contributed by atoms with Crippen LogP contribution < -0.4 is 5.06 Å². The van der Waals surface area contributed by atoms with Crippen molar-refractivity contribution in [3.05, 3.63) is 59.4 Å². The SMILES string of the molecule is COCCN1C(=O)[C@@H]2[C@H](ON(c3ccc(Cl)cc3)[C@@H]2c2ccncc2)C1=O. The molecule has 0 spiro atoms. The largest absolute Gasteiger partial charge is 0.383 e. The van der Waals surface area contributed by atoms with Gasteiger partial charge in [-0.3, -0.25) is 24.3 Å². The number of likely N-dealkylation sites (tertiary alicyclic amines) is 1. The molecule has 27 heavy (non-hydrogen) atoms. The van der Waals surface area contributed by atoms with Gasteiger partial charge in [0.05, 0.1) is 24.9 Å². The first kappa shape index (κ1) is 17.9. The Balaban J connectivity index is 1.73. The summed E-state index contributed by atoms with van der Waals surface area (Å²) in [6.45, 7) is 0.506. The Hall–Kier alpha value is -2.48. The number of hydroxylamine groups is 1. The Kier molecular flexibility index (Phi) is 4.82. The second kappa shape index (κ2) is 7.26. The number of methoxy groups -OCH3 is 1. The zero-order valence-corrected chi connectivity index (χ0v) is 15.4. The first-order valence-corrected chi connectivity index (χ1v) is 8.95. The fourth-order valence-corrected chi connectivity index (χ4v) is 3.71. The predicted molar refractivity (Wildman–Crippen MR) is 97.9 cm³/mol. The lowest BCUT2D eigenvalue weighted by molar-refractivity contribution is -0.143. The molecule has 2 saturated heterocycles. The lowest BCUT2D eigenvalue weighted by Gasteiger charge is -2.28. The van der Waals surface area contributed by atoms with Crippen molar-refractivity contribution >= 4 is 29.1 Å². The van der Waals surface area contributed by atoms with E-state index in [1.165, 1.54) is 12.0 Å². The van der Waals surface area contributed by atoms with Crippen molar-refractivity contribution in [2.45, 2.75) is 12.1 Å². The average molecular weight is 388 g/mol. The number of fused-ring (bicyclic) bond motifs is 1. The number of rotatable bonds is 5. The summed E-state index contributed by atoms with van der Waals surface area (Å²) >= 11 is 5.99. The van der Waals surface area contributed by atoms with Gasteiger partial charge < -0.3 is 4.74 Å². The zero-order chi connectivity index (χ0) is 19.0. The van der Waals surface area contributed by atoms with Gasteiger partial charge in [-0.15, -0.1) is 0 Å². The molecule has 0 unspecified atom stereocenters. The van der Waals surface area contributed by atoms with E-state index in [1.807, 2.05) is 12.1 Å². The number of pyridine rings is 1. The number of halogens is 1. The summed E-state index contributed by atoms with van der Waals surface area (Å²) in [6, 6.07) is 10.3. The molecular weight excluding hydrogens is 370 g/mol. The molecule has 2 aromatic rings. The van der Waals surface area contributed by atoms with Crippen LogP contribution in [-0.4, -0.2) is 48.1 Å². The fraction of sp³-hybridized carbons (Fsp3) is 0.316. The third-order valence-corrected chi connectivity index (χ3v) is 5.11. The van der Waals surface area contributed by atoms with E-state index >= 15 is 0 Å². The maximum absolute atomic E-state index is 13.0. The van der Waals surface area contributed by atoms with Crippen molar-refractivity contribution in [1.29, 1.82) is 0 Å². The molecule has 0 radical (unpaired) electrons. The van der Waals surface area contributed by atoms with Crippen molar-refractivity contribution in [2.24, 2.45) is 5.92 Å². The molecule has 2 fully saturated rings. The number of amides is 2. The van der Waals surface area contributed by atoms with E-state index in [4.69, 9.17) is 21.2 Å². The monoisotopic (exact) mass is 387 g/mol. The predicted octanol–water partition coefficient (Wildman–Crippen LogP) is 2.23. The lowest BCUT2D eigenvalue weighted by atomic mass is 9.91. The highest BCUT2D eigenvalue weighted by molar-refractivity contribution is 6.30. The van der Waals surface area contributed by atoms with Gasteiger partial charge in [-0.2, -0.15) is 0 Å². The van der Waals surface area contributed by atoms with Gasteiger partial charge in [0, 0.05) is 24.5 Å². The molecule has 2 aliphatic heterocycles. The first-order valence-electron chi connectivity index (χ1n) is 8.57. The van der Waals surface area contributed by atoms with Gasteiger partial charge in [0.15, 0.2) is 6.10 Å². The summed E-state index contributed by atoms with van der Waals surface area (Å²) in [5, 5.41) is 2.22. The Morgan fingerprint density at radius 3 is 2.48 bits per heavy atom. The summed E-state index contributed by atoms with van der Waals surface area (Å²) in [7, 11) is 1.53. The molecule has 2 aliphatic rings. The smallest absolute Gasteiger partial charge is 0.262 e. The minimum atomic E-state index is -0.858. The Bertz CT molecular complexity index is 846. The van der Waals surface area contributed by atoms with Crippen LogP contribution in [0.25, 0.3) is 0 Å². The number of hydrogen-bond acceptors (Lipinski definition) is 6. The third kappa shape index (κ3) is 3.07. The van der Waals surface area contributed by atoms with Crippen LogP contribution in [0.3, 0.4) is 0 Å². The van der Waals surface area contributed by atoms with Gasteiger partial charge in [0.2, 0.25) is 5.91 Å². The number of carbonyl (C=O) groups excluding carboxylic acids is 2. The van der Waals surface area contributed by atoms with Crippen molar-refractivity contribution in [2.75, 3.05) is 25.3 Å². The van der Waals surface area contributed by atoms with E-state index < -0.39 is 18.1 Å². The highest BCUT2D eigenvalue weighted by atomic mass is 35.5. The highest BCUT2D eigenvalue weighted by Gasteiger charge is 2.59. The molecule has 3 heterocycles. The highest BCUT2D eigenvalue weighted by Crippen LogP contribution is 2.46. The van der Waals surface area contributed by atoms with Crippen molar-refractivity contribution in [1.82, 2.24) is 9.88 Å². The zero-order valence-electron chi connectivity index (χ0n) is 14.6. The topological polar surface area (TPSA) is 72.0 Å². The molecule has 8 heteroatoms. The van der Waals surface area contributed by atoms with Gasteiger partial charge in [0.1, 0.15) is 5.92 Å². The normalized spacial score (nSPS) is 24.6. The summed E-state index contributed by atoms with van der Waals surface area (Å²) < 4.78 is 5.02. The van der Waals surface area contributed by atoms with Gasteiger partial charge in [-0.1, -0.05) is 11.6 Å². The summed E-state index contributed by atoms with van der Waals surface area (Å²) in [5.41, 5.74) is 1.57. The van der Waals surface area contributed by atoms with Crippen LogP contribution in [-0.2, 0) is 19.2 Å². The molecule has 140 valence electrons. The molecule has 2 amide bonds. The second-order valence-corrected chi connectivity index (χ2v) is 6.84. The molecule has 3 atom stereocenters. The second-order valence-electron chi connectivity index (χ2n) is 6.40. The minimum Gasteiger partial charge on any atom is -0.383 e. The lowest BCUT2D eigenvalue weighted by Crippen LogP contribution is -2.39. The van der Waals surface area contributed by atoms with Crippen molar-refractivity contribution in [3.63, 3.8) is 0 Å². The van der Waals surface area contributed by atoms with Crippen LogP contribution >= 0.6 is 11.6 Å². The van der Waals surface area contributed by atoms with E-state index in [-0.39, 0.29) is 25.0 Å². The standard InChI is InChI=1S/C19H18ClN3O4/c1-26-11-10-22-18(24)15-16(12-6-8-21-9-7-12)23(27-17(15)19(22)25)14-4-2-13(20)3-5-14/h2-9,15-17H,10-11H2,1H3/t15-,16+,17-/m0/s1. The molecule has 0 saturated carbocycles. The van der Waals surface area contributed by atoms with Crippen LogP contribution in [0.2, 0.25) is 5.02 Å². The summed E-state index contributed by atoms with van der Waals surface area (Å²) in [6.07, 6.45) is 2.46. The van der Waals surface area contributed by atoms with Crippen LogP contribution in [0, 0.1) is 5.92 Å². The number of carbonyl (C=O) groups is 2. The van der Waals surface area contributed by atoms with Gasteiger partial charge >= 0.3 is 0 Å². The number of nitrogens with zero attached hydrogens (tertiary/aromatic N) is 3. The van der Waals surface area contributed by atoms with E-state index in [0.29, 0.717) is 5.02 Å². The van der Waals surface area contributed by atoms with Crippen LogP contribution in [0.15, 0.2) is 48.8 Å². The third-order valence-electron chi connectivity index (χ3n) is 4.85. The van der Waals surface area contributed by atoms with E-state index in [2.05, 4.69) is 4.98 Å². The molecule has 0 aliphatic carbocycles. The average Bonchev–Trinajstić information content (AvgIpc) is 3.19. The maximum atomic E-state index is 13.0. The van der Waals surface area contributed by atoms with Gasteiger partial charge in [-0.05, 0) is 42.0 Å². The van der Waals surface area contributed by atoms with Crippen molar-refractivity contribution in [3.8, 4) is 0 Å². The quantitative estimate of drug-likeness (QED) is 0.733. The van der Waals surface area contributed by atoms with Crippen LogP contribution in [0.1, 0.15) is 11.6 Å². The van der Waals surface area contributed by atoms with E-state index in [9.17, 15) is 9.59 Å². The molecular formula is C19H18ClN3O4. The Morgan fingerprint density at radius 2 is 1.81 bits per heavy atom. The molecule has 1 aromatic heterocycles. The first-order chi connectivity index (χ1) is 13.1. The molecule has 7 nitrogen and oxygen atoms in total. The van der Waals surface area contributed by atoms with Crippen molar-refractivity contribution < 1.29 is 19.2 Å². The number of benzene rings is 1. The summed E-state index contributed by atoms with van der Waals surface area (Å²) in [5.74, 6) is -1.22. The number of ether oxygens (including phenoxy) is 1. The molecule has 0 N–H and O–H groups in total. The molecule has 0 bridgehead atoms. The maximum Gasteiger partial charge on any atom is 0.262 e. The summed E-state index contributed by atoms with van der Waals surface area (Å²) in [4.78, 5) is 37.1. The fourth-order valence-electron chi connectivity index (χ4n) is 3.59. The minimum absolute atomic E-state index is 0.217.